The number of hydrogen-bond acceptors (Lipinski definition) is 1. The van der Waals surface area contributed by atoms with E-state index < -0.39 is 0 Å². The molecule has 0 aromatic rings. The van der Waals surface area contributed by atoms with E-state index in [1.54, 1.807) is 0 Å². The third-order valence-electron chi connectivity index (χ3n) is 2.03. The summed E-state index contributed by atoms with van der Waals surface area (Å²) in [6.07, 6.45) is 4.11. The summed E-state index contributed by atoms with van der Waals surface area (Å²) in [7, 11) is 0. The molecule has 1 nitrogen and oxygen atoms in total. The van der Waals surface area contributed by atoms with Gasteiger partial charge in [0.2, 0.25) is 0 Å². The first-order chi connectivity index (χ1) is 5.33. The summed E-state index contributed by atoms with van der Waals surface area (Å²) in [5.74, 6) is 2.21. The van der Waals surface area contributed by atoms with E-state index in [0.29, 0.717) is 11.8 Å². The molecule has 0 aliphatic heterocycles. The zero-order valence-electron chi connectivity index (χ0n) is 7.18. The first-order valence-electron chi connectivity index (χ1n) is 4.46. The maximum atomic E-state index is 5.63. The van der Waals surface area contributed by atoms with Crippen LogP contribution in [0.4, 0.5) is 0 Å². The Bertz CT molecular complexity index is 102. The molecule has 0 bridgehead atoms. The van der Waals surface area contributed by atoms with Crippen molar-refractivity contribution in [1.29, 1.82) is 0 Å². The Morgan fingerprint density at radius 3 is 2.82 bits per heavy atom. The van der Waals surface area contributed by atoms with Gasteiger partial charge in [-0.25, -0.2) is 0 Å². The van der Waals surface area contributed by atoms with Gasteiger partial charge >= 0.3 is 0 Å². The van der Waals surface area contributed by atoms with E-state index in [1.165, 1.54) is 19.3 Å². The minimum atomic E-state index is 0.510. The summed E-state index contributed by atoms with van der Waals surface area (Å²) in [5.41, 5.74) is 0. The minimum Gasteiger partial charge on any atom is -0.381 e. The van der Waals surface area contributed by atoms with Crippen LogP contribution in [-0.4, -0.2) is 19.1 Å². The Labute approximate surface area is 74.1 Å². The molecule has 0 saturated heterocycles. The quantitative estimate of drug-likeness (QED) is 0.447. The molecular formula is C9H17ClO. The Morgan fingerprint density at radius 1 is 1.55 bits per heavy atom. The Kier molecular flexibility index (Phi) is 4.24. The second-order valence-corrected chi connectivity index (χ2v) is 3.88. The fraction of sp³-hybridized carbons (Fsp3) is 1.00. The standard InChI is InChI=1S/C9H17ClO/c1-8(6-10)7-11-5-4-9-2-3-9/h8-9H,2-7H2,1H3. The first-order valence-corrected chi connectivity index (χ1v) is 5.00. The molecule has 2 heteroatoms. The third kappa shape index (κ3) is 4.65. The summed E-state index contributed by atoms with van der Waals surface area (Å²) in [6, 6.07) is 0. The lowest BCUT2D eigenvalue weighted by molar-refractivity contribution is 0.106. The van der Waals surface area contributed by atoms with Gasteiger partial charge in [0.05, 0.1) is 6.61 Å². The number of ether oxygens (including phenoxy) is 1. The van der Waals surface area contributed by atoms with Gasteiger partial charge in [-0.05, 0) is 18.3 Å². The lowest BCUT2D eigenvalue weighted by Crippen LogP contribution is -2.08. The van der Waals surface area contributed by atoms with Gasteiger partial charge in [0.15, 0.2) is 0 Å². The van der Waals surface area contributed by atoms with Gasteiger partial charge in [-0.15, -0.1) is 11.6 Å². The predicted octanol–water partition coefficient (Wildman–Crippen LogP) is 2.68. The van der Waals surface area contributed by atoms with Crippen LogP contribution in [0.15, 0.2) is 0 Å². The molecule has 1 aliphatic carbocycles. The molecule has 0 radical (unpaired) electrons. The van der Waals surface area contributed by atoms with E-state index >= 15 is 0 Å². The number of rotatable bonds is 6. The Hall–Kier alpha value is 0.250. The molecule has 1 atom stereocenters. The molecule has 11 heavy (non-hydrogen) atoms. The molecule has 0 amide bonds. The second-order valence-electron chi connectivity index (χ2n) is 3.57. The fourth-order valence-electron chi connectivity index (χ4n) is 0.986. The molecule has 0 heterocycles. The highest BCUT2D eigenvalue weighted by Gasteiger charge is 2.20. The van der Waals surface area contributed by atoms with Crippen LogP contribution in [-0.2, 0) is 4.74 Å². The van der Waals surface area contributed by atoms with E-state index in [0.717, 1.165) is 19.1 Å². The molecular weight excluding hydrogens is 160 g/mol. The van der Waals surface area contributed by atoms with Gasteiger partial charge in [-0.3, -0.25) is 0 Å². The van der Waals surface area contributed by atoms with E-state index in [-0.39, 0.29) is 0 Å². The van der Waals surface area contributed by atoms with Crippen molar-refractivity contribution in [3.05, 3.63) is 0 Å². The molecule has 66 valence electrons. The first kappa shape index (κ1) is 9.34. The van der Waals surface area contributed by atoms with Gasteiger partial charge in [0.1, 0.15) is 0 Å². The SMILES string of the molecule is CC(CCl)COCCC1CC1. The summed E-state index contributed by atoms with van der Waals surface area (Å²) in [5, 5.41) is 0. The van der Waals surface area contributed by atoms with Crippen LogP contribution in [0.1, 0.15) is 26.2 Å². The molecule has 1 unspecified atom stereocenters. The van der Waals surface area contributed by atoms with Crippen molar-refractivity contribution in [1.82, 2.24) is 0 Å². The van der Waals surface area contributed by atoms with Crippen molar-refractivity contribution in [3.8, 4) is 0 Å². The van der Waals surface area contributed by atoms with Crippen molar-refractivity contribution in [2.24, 2.45) is 11.8 Å². The minimum absolute atomic E-state index is 0.510. The van der Waals surface area contributed by atoms with Crippen LogP contribution in [0.2, 0.25) is 0 Å². The van der Waals surface area contributed by atoms with Gasteiger partial charge in [-0.2, -0.15) is 0 Å². The zero-order valence-corrected chi connectivity index (χ0v) is 7.94. The Morgan fingerprint density at radius 2 is 2.27 bits per heavy atom. The molecule has 0 spiro atoms. The highest BCUT2D eigenvalue weighted by Crippen LogP contribution is 2.32. The smallest absolute Gasteiger partial charge is 0.0503 e. The maximum Gasteiger partial charge on any atom is 0.0503 e. The van der Waals surface area contributed by atoms with Crippen LogP contribution < -0.4 is 0 Å². The van der Waals surface area contributed by atoms with E-state index in [4.69, 9.17) is 16.3 Å². The summed E-state index contributed by atoms with van der Waals surface area (Å²) in [6.45, 7) is 3.88. The Balaban J connectivity index is 1.79. The second kappa shape index (κ2) is 5.00. The molecule has 1 rings (SSSR count). The van der Waals surface area contributed by atoms with Gasteiger partial charge < -0.3 is 4.74 Å². The molecule has 0 N–H and O–H groups in total. The molecule has 1 fully saturated rings. The van der Waals surface area contributed by atoms with Gasteiger partial charge in [-0.1, -0.05) is 19.8 Å². The topological polar surface area (TPSA) is 9.23 Å². The van der Waals surface area contributed by atoms with Crippen molar-refractivity contribution in [3.63, 3.8) is 0 Å². The average Bonchev–Trinajstić information content (AvgIpc) is 2.81. The lowest BCUT2D eigenvalue weighted by atomic mass is 10.2. The van der Waals surface area contributed by atoms with Crippen molar-refractivity contribution in [2.45, 2.75) is 26.2 Å². The molecule has 0 aromatic carbocycles. The summed E-state index contributed by atoms with van der Waals surface area (Å²) in [4.78, 5) is 0. The van der Waals surface area contributed by atoms with Crippen molar-refractivity contribution in [2.75, 3.05) is 19.1 Å². The van der Waals surface area contributed by atoms with Crippen LogP contribution in [0, 0.1) is 11.8 Å². The van der Waals surface area contributed by atoms with Gasteiger partial charge in [0.25, 0.3) is 0 Å². The molecule has 0 aromatic heterocycles. The molecule has 1 saturated carbocycles. The summed E-state index contributed by atoms with van der Waals surface area (Å²) >= 11 is 5.63. The largest absolute Gasteiger partial charge is 0.381 e. The van der Waals surface area contributed by atoms with Crippen molar-refractivity contribution < 1.29 is 4.74 Å². The zero-order chi connectivity index (χ0) is 8.10. The van der Waals surface area contributed by atoms with E-state index in [1.807, 2.05) is 0 Å². The van der Waals surface area contributed by atoms with E-state index in [9.17, 15) is 0 Å². The third-order valence-corrected chi connectivity index (χ3v) is 2.56. The maximum absolute atomic E-state index is 5.63. The highest BCUT2D eigenvalue weighted by molar-refractivity contribution is 6.18. The van der Waals surface area contributed by atoms with Crippen LogP contribution in [0.3, 0.4) is 0 Å². The summed E-state index contributed by atoms with van der Waals surface area (Å²) < 4.78 is 5.45. The van der Waals surface area contributed by atoms with E-state index in [2.05, 4.69) is 6.92 Å². The van der Waals surface area contributed by atoms with Crippen LogP contribution in [0.25, 0.3) is 0 Å². The number of alkyl halides is 1. The highest BCUT2D eigenvalue weighted by atomic mass is 35.5. The number of hydrogen-bond donors (Lipinski definition) is 0. The predicted molar refractivity (Wildman–Crippen MR) is 48.0 cm³/mol. The number of halogens is 1. The lowest BCUT2D eigenvalue weighted by Gasteiger charge is -2.07. The monoisotopic (exact) mass is 176 g/mol. The van der Waals surface area contributed by atoms with Crippen LogP contribution in [0.5, 0.6) is 0 Å². The molecule has 1 aliphatic rings. The normalized spacial score (nSPS) is 20.2. The van der Waals surface area contributed by atoms with Crippen molar-refractivity contribution >= 4 is 11.6 Å². The average molecular weight is 177 g/mol. The fourth-order valence-corrected chi connectivity index (χ4v) is 1.07. The van der Waals surface area contributed by atoms with Gasteiger partial charge in [0, 0.05) is 12.5 Å². The van der Waals surface area contributed by atoms with Crippen LogP contribution >= 0.6 is 11.6 Å².